The van der Waals surface area contributed by atoms with Crippen LogP contribution in [0.5, 0.6) is 0 Å². The Morgan fingerprint density at radius 3 is 2.95 bits per heavy atom. The quantitative estimate of drug-likeness (QED) is 0.891. The molecule has 2 rings (SSSR count). The molecule has 1 amide bonds. The summed E-state index contributed by atoms with van der Waals surface area (Å²) in [6.45, 7) is 5.77. The van der Waals surface area contributed by atoms with Crippen molar-refractivity contribution in [1.29, 1.82) is 0 Å². The average molecular weight is 281 g/mol. The lowest BCUT2D eigenvalue weighted by atomic mass is 9.77. The first-order valence-corrected chi connectivity index (χ1v) is 7.24. The van der Waals surface area contributed by atoms with Crippen molar-refractivity contribution in [3.8, 4) is 0 Å². The summed E-state index contributed by atoms with van der Waals surface area (Å²) in [5.41, 5.74) is 1.45. The fourth-order valence-corrected chi connectivity index (χ4v) is 2.80. The number of carbonyl (C=O) groups is 1. The number of carbonyl (C=O) groups excluding carboxylic acids is 1. The SMILES string of the molecule is CCC1(C(=O)Nc2cccc(Cl)c2C)CCCNC1. The number of hydrogen-bond acceptors (Lipinski definition) is 2. The van der Waals surface area contributed by atoms with E-state index in [9.17, 15) is 4.79 Å². The third-order valence-corrected chi connectivity index (χ3v) is 4.56. The van der Waals surface area contributed by atoms with Crippen molar-refractivity contribution in [2.45, 2.75) is 33.1 Å². The summed E-state index contributed by atoms with van der Waals surface area (Å²) >= 11 is 6.09. The lowest BCUT2D eigenvalue weighted by Gasteiger charge is -2.35. The third-order valence-electron chi connectivity index (χ3n) is 4.15. The van der Waals surface area contributed by atoms with E-state index in [4.69, 9.17) is 11.6 Å². The molecule has 1 saturated heterocycles. The Labute approximate surface area is 119 Å². The van der Waals surface area contributed by atoms with E-state index < -0.39 is 0 Å². The second-order valence-corrected chi connectivity index (χ2v) is 5.69. The average Bonchev–Trinajstić information content (AvgIpc) is 2.44. The second kappa shape index (κ2) is 5.93. The third kappa shape index (κ3) is 2.93. The fourth-order valence-electron chi connectivity index (χ4n) is 2.62. The summed E-state index contributed by atoms with van der Waals surface area (Å²) in [4.78, 5) is 12.6. The predicted molar refractivity (Wildman–Crippen MR) is 79.6 cm³/mol. The minimum atomic E-state index is -0.285. The number of hydrogen-bond donors (Lipinski definition) is 2. The smallest absolute Gasteiger partial charge is 0.231 e. The Morgan fingerprint density at radius 1 is 1.53 bits per heavy atom. The number of halogens is 1. The molecule has 1 heterocycles. The topological polar surface area (TPSA) is 41.1 Å². The van der Waals surface area contributed by atoms with Crippen LogP contribution in [0.3, 0.4) is 0 Å². The van der Waals surface area contributed by atoms with Crippen LogP contribution in [0.15, 0.2) is 18.2 Å². The lowest BCUT2D eigenvalue weighted by molar-refractivity contribution is -0.126. The first-order valence-electron chi connectivity index (χ1n) is 6.86. The van der Waals surface area contributed by atoms with Gasteiger partial charge < -0.3 is 10.6 Å². The van der Waals surface area contributed by atoms with E-state index in [1.807, 2.05) is 25.1 Å². The molecule has 1 atom stereocenters. The maximum atomic E-state index is 12.6. The Kier molecular flexibility index (Phi) is 4.48. The van der Waals surface area contributed by atoms with Gasteiger partial charge in [0.1, 0.15) is 0 Å². The van der Waals surface area contributed by atoms with E-state index in [2.05, 4.69) is 17.6 Å². The molecule has 0 spiro atoms. The van der Waals surface area contributed by atoms with Crippen molar-refractivity contribution in [2.24, 2.45) is 5.41 Å². The van der Waals surface area contributed by atoms with E-state index in [1.165, 1.54) is 0 Å². The highest BCUT2D eigenvalue weighted by atomic mass is 35.5. The molecule has 19 heavy (non-hydrogen) atoms. The molecule has 4 heteroatoms. The van der Waals surface area contributed by atoms with Gasteiger partial charge in [-0.1, -0.05) is 24.6 Å². The molecular formula is C15H21ClN2O. The van der Waals surface area contributed by atoms with Gasteiger partial charge in [0.05, 0.1) is 5.41 Å². The van der Waals surface area contributed by atoms with E-state index in [0.29, 0.717) is 5.02 Å². The molecule has 1 aromatic rings. The van der Waals surface area contributed by atoms with Crippen LogP contribution in [-0.4, -0.2) is 19.0 Å². The maximum absolute atomic E-state index is 12.6. The van der Waals surface area contributed by atoms with Crippen molar-refractivity contribution in [2.75, 3.05) is 18.4 Å². The Morgan fingerprint density at radius 2 is 2.32 bits per heavy atom. The number of anilines is 1. The van der Waals surface area contributed by atoms with Gasteiger partial charge in [-0.05, 0) is 50.4 Å². The number of benzene rings is 1. The van der Waals surface area contributed by atoms with E-state index in [-0.39, 0.29) is 11.3 Å². The molecule has 0 radical (unpaired) electrons. The maximum Gasteiger partial charge on any atom is 0.231 e. The highest BCUT2D eigenvalue weighted by Crippen LogP contribution is 2.32. The van der Waals surface area contributed by atoms with Gasteiger partial charge in [0.15, 0.2) is 0 Å². The molecule has 0 aliphatic carbocycles. The first kappa shape index (κ1) is 14.4. The van der Waals surface area contributed by atoms with E-state index >= 15 is 0 Å². The minimum absolute atomic E-state index is 0.104. The van der Waals surface area contributed by atoms with Gasteiger partial charge in [-0.2, -0.15) is 0 Å². The van der Waals surface area contributed by atoms with E-state index in [0.717, 1.165) is 43.6 Å². The first-order chi connectivity index (χ1) is 9.09. The number of piperidine rings is 1. The van der Waals surface area contributed by atoms with Gasteiger partial charge in [0.25, 0.3) is 0 Å². The van der Waals surface area contributed by atoms with Gasteiger partial charge >= 0.3 is 0 Å². The molecule has 1 aliphatic heterocycles. The standard InChI is InChI=1S/C15H21ClN2O/c1-3-15(8-5-9-17-10-15)14(19)18-13-7-4-6-12(16)11(13)2/h4,6-7,17H,3,5,8-10H2,1-2H3,(H,18,19). The summed E-state index contributed by atoms with van der Waals surface area (Å²) < 4.78 is 0. The van der Waals surface area contributed by atoms with Gasteiger partial charge in [0.2, 0.25) is 5.91 Å². The van der Waals surface area contributed by atoms with Crippen LogP contribution in [0.2, 0.25) is 5.02 Å². The Balaban J connectivity index is 2.17. The highest BCUT2D eigenvalue weighted by Gasteiger charge is 2.37. The van der Waals surface area contributed by atoms with Crippen LogP contribution in [0.25, 0.3) is 0 Å². The zero-order valence-electron chi connectivity index (χ0n) is 11.6. The normalized spacial score (nSPS) is 23.1. The van der Waals surface area contributed by atoms with Crippen LogP contribution < -0.4 is 10.6 Å². The molecule has 1 fully saturated rings. The summed E-state index contributed by atoms with van der Waals surface area (Å²) in [6, 6.07) is 5.60. The van der Waals surface area contributed by atoms with Crippen molar-refractivity contribution >= 4 is 23.2 Å². The zero-order valence-corrected chi connectivity index (χ0v) is 12.3. The molecule has 0 saturated carbocycles. The van der Waals surface area contributed by atoms with Gasteiger partial charge in [-0.25, -0.2) is 0 Å². The van der Waals surface area contributed by atoms with Crippen molar-refractivity contribution < 1.29 is 4.79 Å². The molecule has 1 unspecified atom stereocenters. The molecule has 2 N–H and O–H groups in total. The monoisotopic (exact) mass is 280 g/mol. The lowest BCUT2D eigenvalue weighted by Crippen LogP contribution is -2.47. The molecule has 1 aromatic carbocycles. The van der Waals surface area contributed by atoms with E-state index in [1.54, 1.807) is 0 Å². The van der Waals surface area contributed by atoms with Gasteiger partial charge in [-0.15, -0.1) is 0 Å². The number of amides is 1. The second-order valence-electron chi connectivity index (χ2n) is 5.28. The predicted octanol–water partition coefficient (Wildman–Crippen LogP) is 3.37. The number of nitrogens with one attached hydrogen (secondary N) is 2. The summed E-state index contributed by atoms with van der Waals surface area (Å²) in [5, 5.41) is 7.07. The molecule has 0 aromatic heterocycles. The van der Waals surface area contributed by atoms with Gasteiger partial charge in [-0.3, -0.25) is 4.79 Å². The fraction of sp³-hybridized carbons (Fsp3) is 0.533. The van der Waals surface area contributed by atoms with Crippen molar-refractivity contribution in [3.63, 3.8) is 0 Å². The summed E-state index contributed by atoms with van der Waals surface area (Å²) in [7, 11) is 0. The van der Waals surface area contributed by atoms with Crippen molar-refractivity contribution in [1.82, 2.24) is 5.32 Å². The zero-order chi connectivity index (χ0) is 13.9. The molecule has 3 nitrogen and oxygen atoms in total. The summed E-state index contributed by atoms with van der Waals surface area (Å²) in [5.74, 6) is 0.104. The molecule has 1 aliphatic rings. The van der Waals surface area contributed by atoms with Crippen LogP contribution in [0.4, 0.5) is 5.69 Å². The van der Waals surface area contributed by atoms with Crippen LogP contribution in [0.1, 0.15) is 31.7 Å². The Hall–Kier alpha value is -1.06. The van der Waals surface area contributed by atoms with Crippen LogP contribution in [-0.2, 0) is 4.79 Å². The molecular weight excluding hydrogens is 260 g/mol. The highest BCUT2D eigenvalue weighted by molar-refractivity contribution is 6.31. The van der Waals surface area contributed by atoms with Gasteiger partial charge in [0, 0.05) is 17.3 Å². The largest absolute Gasteiger partial charge is 0.325 e. The molecule has 0 bridgehead atoms. The van der Waals surface area contributed by atoms with Crippen molar-refractivity contribution in [3.05, 3.63) is 28.8 Å². The van der Waals surface area contributed by atoms with Crippen LogP contribution >= 0.6 is 11.6 Å². The minimum Gasteiger partial charge on any atom is -0.325 e. The summed E-state index contributed by atoms with van der Waals surface area (Å²) in [6.07, 6.45) is 2.85. The molecule has 104 valence electrons. The Bertz CT molecular complexity index is 467. The number of rotatable bonds is 3. The van der Waals surface area contributed by atoms with Crippen LogP contribution in [0, 0.1) is 12.3 Å².